The highest BCUT2D eigenvalue weighted by Crippen LogP contribution is 2.25. The van der Waals surface area contributed by atoms with Crippen LogP contribution in [0.25, 0.3) is 0 Å². The Labute approximate surface area is 129 Å². The third-order valence-corrected chi connectivity index (χ3v) is 4.12. The molecule has 0 radical (unpaired) electrons. The molecule has 1 fully saturated rings. The van der Waals surface area contributed by atoms with E-state index in [0.717, 1.165) is 16.5 Å². The maximum Gasteiger partial charge on any atom is 0.158 e. The lowest BCUT2D eigenvalue weighted by atomic mass is 10.1. The Morgan fingerprint density at radius 2 is 1.95 bits per heavy atom. The second kappa shape index (κ2) is 7.03. The highest BCUT2D eigenvalue weighted by atomic mass is 79.9. The smallest absolute Gasteiger partial charge is 0.158 e. The maximum atomic E-state index is 6.01. The highest BCUT2D eigenvalue weighted by molar-refractivity contribution is 9.10. The van der Waals surface area contributed by atoms with E-state index >= 15 is 0 Å². The molecule has 0 saturated carbocycles. The Hall–Kier alpha value is -0.420. The van der Waals surface area contributed by atoms with Crippen LogP contribution in [0.1, 0.15) is 32.8 Å². The molecule has 1 aromatic rings. The summed E-state index contributed by atoms with van der Waals surface area (Å²) in [4.78, 5) is 0. The normalized spacial score (nSPS) is 26.9. The quantitative estimate of drug-likeness (QED) is 0.804. The zero-order chi connectivity index (χ0) is 14.6. The summed E-state index contributed by atoms with van der Waals surface area (Å²) in [5, 5.41) is 0. The number of benzene rings is 1. The van der Waals surface area contributed by atoms with Crippen molar-refractivity contribution >= 4 is 15.9 Å². The SMILES string of the molecule is CC(C)C[C@H]1OC[C@@](C)(OCc2ccccc2Br)CO1. The van der Waals surface area contributed by atoms with E-state index in [-0.39, 0.29) is 11.9 Å². The average molecular weight is 343 g/mol. The van der Waals surface area contributed by atoms with E-state index in [9.17, 15) is 0 Å². The third-order valence-electron chi connectivity index (χ3n) is 3.35. The van der Waals surface area contributed by atoms with Crippen LogP contribution in [0.15, 0.2) is 28.7 Å². The van der Waals surface area contributed by atoms with Crippen LogP contribution in [0.4, 0.5) is 0 Å². The lowest BCUT2D eigenvalue weighted by Gasteiger charge is -2.37. The van der Waals surface area contributed by atoms with Crippen LogP contribution in [0.3, 0.4) is 0 Å². The van der Waals surface area contributed by atoms with Crippen molar-refractivity contribution in [2.75, 3.05) is 13.2 Å². The molecule has 0 unspecified atom stereocenters. The van der Waals surface area contributed by atoms with Crippen LogP contribution in [-0.4, -0.2) is 25.1 Å². The van der Waals surface area contributed by atoms with Crippen LogP contribution in [0.5, 0.6) is 0 Å². The van der Waals surface area contributed by atoms with Gasteiger partial charge in [0.1, 0.15) is 5.60 Å². The molecule has 1 aliphatic heterocycles. The van der Waals surface area contributed by atoms with Crippen LogP contribution in [-0.2, 0) is 20.8 Å². The molecule has 0 bridgehead atoms. The van der Waals surface area contributed by atoms with E-state index in [0.29, 0.717) is 25.7 Å². The van der Waals surface area contributed by atoms with E-state index in [4.69, 9.17) is 14.2 Å². The molecule has 0 N–H and O–H groups in total. The molecule has 2 rings (SSSR count). The summed E-state index contributed by atoms with van der Waals surface area (Å²) in [5.74, 6) is 0.575. The molecular weight excluding hydrogens is 320 g/mol. The first-order chi connectivity index (χ1) is 9.48. The molecule has 1 aromatic carbocycles. The van der Waals surface area contributed by atoms with Gasteiger partial charge in [0.05, 0.1) is 19.8 Å². The maximum absolute atomic E-state index is 6.01. The molecular formula is C16H23BrO3. The van der Waals surface area contributed by atoms with Crippen molar-refractivity contribution in [3.8, 4) is 0 Å². The van der Waals surface area contributed by atoms with E-state index in [1.165, 1.54) is 0 Å². The van der Waals surface area contributed by atoms with Gasteiger partial charge in [-0.3, -0.25) is 0 Å². The standard InChI is InChI=1S/C16H23BrO3/c1-12(2)8-15-18-10-16(3,11-19-15)20-9-13-6-4-5-7-14(13)17/h4-7,12,15H,8-11H2,1-3H3/t15-,16+. The Balaban J connectivity index is 1.83. The summed E-state index contributed by atoms with van der Waals surface area (Å²) in [6.07, 6.45) is 0.843. The van der Waals surface area contributed by atoms with Gasteiger partial charge in [-0.1, -0.05) is 48.0 Å². The molecule has 3 nitrogen and oxygen atoms in total. The lowest BCUT2D eigenvalue weighted by molar-refractivity contribution is -0.266. The average Bonchev–Trinajstić information content (AvgIpc) is 2.41. The number of hydrogen-bond donors (Lipinski definition) is 0. The van der Waals surface area contributed by atoms with Crippen LogP contribution >= 0.6 is 15.9 Å². The van der Waals surface area contributed by atoms with Crippen molar-refractivity contribution in [2.45, 2.75) is 45.7 Å². The summed E-state index contributed by atoms with van der Waals surface area (Å²) in [6, 6.07) is 8.09. The molecule has 0 aromatic heterocycles. The van der Waals surface area contributed by atoms with Crippen LogP contribution < -0.4 is 0 Å². The monoisotopic (exact) mass is 342 g/mol. The van der Waals surface area contributed by atoms with E-state index < -0.39 is 0 Å². The van der Waals surface area contributed by atoms with Crippen molar-refractivity contribution in [3.63, 3.8) is 0 Å². The number of hydrogen-bond acceptors (Lipinski definition) is 3. The minimum Gasteiger partial charge on any atom is -0.366 e. The molecule has 1 aliphatic rings. The fourth-order valence-corrected chi connectivity index (χ4v) is 2.50. The highest BCUT2D eigenvalue weighted by Gasteiger charge is 2.33. The number of halogens is 1. The Kier molecular flexibility index (Phi) is 5.61. The van der Waals surface area contributed by atoms with Crippen molar-refractivity contribution in [1.82, 2.24) is 0 Å². The molecule has 4 heteroatoms. The first-order valence-electron chi connectivity index (χ1n) is 7.09. The van der Waals surface area contributed by atoms with Gasteiger partial charge in [0.25, 0.3) is 0 Å². The third kappa shape index (κ3) is 4.55. The molecule has 0 spiro atoms. The van der Waals surface area contributed by atoms with Gasteiger partial charge in [0.15, 0.2) is 6.29 Å². The summed E-state index contributed by atoms with van der Waals surface area (Å²) in [7, 11) is 0. The van der Waals surface area contributed by atoms with Gasteiger partial charge in [-0.15, -0.1) is 0 Å². The van der Waals surface area contributed by atoms with Crippen LogP contribution in [0.2, 0.25) is 0 Å². The predicted molar refractivity (Wildman–Crippen MR) is 82.5 cm³/mol. The first-order valence-corrected chi connectivity index (χ1v) is 7.88. The zero-order valence-electron chi connectivity index (χ0n) is 12.4. The van der Waals surface area contributed by atoms with Crippen molar-refractivity contribution in [2.24, 2.45) is 5.92 Å². The summed E-state index contributed by atoms with van der Waals surface area (Å²) in [6.45, 7) is 8.09. The minimum absolute atomic E-state index is 0.0878. The molecule has 0 atom stereocenters. The predicted octanol–water partition coefficient (Wildman–Crippen LogP) is 4.14. The second-order valence-corrected chi connectivity index (χ2v) is 6.87. The largest absolute Gasteiger partial charge is 0.366 e. The van der Waals surface area contributed by atoms with E-state index in [2.05, 4.69) is 35.8 Å². The summed E-state index contributed by atoms with van der Waals surface area (Å²) in [5.41, 5.74) is 0.765. The van der Waals surface area contributed by atoms with Gasteiger partial charge in [0, 0.05) is 10.9 Å². The molecule has 0 amide bonds. The zero-order valence-corrected chi connectivity index (χ0v) is 14.0. The van der Waals surface area contributed by atoms with Gasteiger partial charge < -0.3 is 14.2 Å². The second-order valence-electron chi connectivity index (χ2n) is 6.01. The number of ether oxygens (including phenoxy) is 3. The molecule has 0 aliphatic carbocycles. The van der Waals surface area contributed by atoms with Gasteiger partial charge in [0.2, 0.25) is 0 Å². The fraction of sp³-hybridized carbons (Fsp3) is 0.625. The summed E-state index contributed by atoms with van der Waals surface area (Å²) < 4.78 is 18.6. The van der Waals surface area contributed by atoms with Crippen molar-refractivity contribution in [1.29, 1.82) is 0 Å². The van der Waals surface area contributed by atoms with Gasteiger partial charge >= 0.3 is 0 Å². The van der Waals surface area contributed by atoms with E-state index in [1.807, 2.05) is 25.1 Å². The number of rotatable bonds is 5. The lowest BCUT2D eigenvalue weighted by Crippen LogP contribution is -2.47. The van der Waals surface area contributed by atoms with Crippen LogP contribution in [0, 0.1) is 5.92 Å². The van der Waals surface area contributed by atoms with Crippen molar-refractivity contribution in [3.05, 3.63) is 34.3 Å². The molecule has 112 valence electrons. The fourth-order valence-electron chi connectivity index (χ4n) is 2.10. The molecule has 1 heterocycles. The van der Waals surface area contributed by atoms with Gasteiger partial charge in [-0.05, 0) is 24.5 Å². The minimum atomic E-state index is -0.372. The van der Waals surface area contributed by atoms with Crippen molar-refractivity contribution < 1.29 is 14.2 Å². The first kappa shape index (κ1) is 16.0. The van der Waals surface area contributed by atoms with Gasteiger partial charge in [-0.25, -0.2) is 0 Å². The van der Waals surface area contributed by atoms with E-state index in [1.54, 1.807) is 0 Å². The molecule has 1 saturated heterocycles. The Morgan fingerprint density at radius 3 is 2.55 bits per heavy atom. The van der Waals surface area contributed by atoms with Gasteiger partial charge in [-0.2, -0.15) is 0 Å². The Morgan fingerprint density at radius 1 is 1.30 bits per heavy atom. The Bertz CT molecular complexity index is 425. The molecule has 20 heavy (non-hydrogen) atoms. The topological polar surface area (TPSA) is 27.7 Å². The summed E-state index contributed by atoms with van der Waals surface area (Å²) >= 11 is 3.53.